The normalized spacial score (nSPS) is 24.7. The molecular formula is C12H11F6N. The van der Waals surface area contributed by atoms with Gasteiger partial charge in [0, 0.05) is 0 Å². The molecule has 1 aromatic rings. The Kier molecular flexibility index (Phi) is 3.28. The zero-order valence-corrected chi connectivity index (χ0v) is 9.70. The minimum atomic E-state index is -4.65. The molecule has 1 heterocycles. The number of hydrogen-bond donors (Lipinski definition) is 1. The minimum absolute atomic E-state index is 0.135. The van der Waals surface area contributed by atoms with Crippen molar-refractivity contribution in [2.75, 3.05) is 6.54 Å². The van der Waals surface area contributed by atoms with E-state index in [9.17, 15) is 26.3 Å². The lowest BCUT2D eigenvalue weighted by atomic mass is 9.86. The molecule has 1 fully saturated rings. The molecule has 0 amide bonds. The third-order valence-electron chi connectivity index (χ3n) is 3.32. The van der Waals surface area contributed by atoms with Gasteiger partial charge in [-0.15, -0.1) is 0 Å². The molecule has 1 atom stereocenters. The lowest BCUT2D eigenvalue weighted by molar-refractivity contribution is -0.196. The van der Waals surface area contributed by atoms with Gasteiger partial charge in [-0.1, -0.05) is 12.1 Å². The van der Waals surface area contributed by atoms with Crippen LogP contribution in [0.5, 0.6) is 0 Å². The first-order chi connectivity index (χ1) is 8.67. The molecule has 0 saturated carbocycles. The molecule has 0 spiro atoms. The fourth-order valence-corrected chi connectivity index (χ4v) is 2.36. The summed E-state index contributed by atoms with van der Waals surface area (Å²) in [7, 11) is 0. The molecule has 0 bridgehead atoms. The number of hydrogen-bond acceptors (Lipinski definition) is 1. The van der Waals surface area contributed by atoms with Gasteiger partial charge in [-0.25, -0.2) is 0 Å². The molecule has 1 aliphatic rings. The highest BCUT2D eigenvalue weighted by atomic mass is 19.4. The Labute approximate surface area is 105 Å². The van der Waals surface area contributed by atoms with E-state index in [2.05, 4.69) is 5.32 Å². The van der Waals surface area contributed by atoms with Crippen molar-refractivity contribution in [1.29, 1.82) is 0 Å². The largest absolute Gasteiger partial charge is 0.416 e. The van der Waals surface area contributed by atoms with Gasteiger partial charge in [-0.05, 0) is 37.1 Å². The number of benzene rings is 1. The van der Waals surface area contributed by atoms with Crippen molar-refractivity contribution >= 4 is 0 Å². The van der Waals surface area contributed by atoms with Crippen LogP contribution in [0.25, 0.3) is 0 Å². The van der Waals surface area contributed by atoms with Crippen LogP contribution in [0.15, 0.2) is 24.3 Å². The molecule has 1 aliphatic heterocycles. The van der Waals surface area contributed by atoms with Gasteiger partial charge in [0.1, 0.15) is 5.54 Å². The molecule has 1 N–H and O–H groups in total. The Bertz CT molecular complexity index is 456. The quantitative estimate of drug-likeness (QED) is 0.772. The maximum Gasteiger partial charge on any atom is 0.416 e. The van der Waals surface area contributed by atoms with Crippen LogP contribution in [0.3, 0.4) is 0 Å². The fraction of sp³-hybridized carbons (Fsp3) is 0.500. The second kappa shape index (κ2) is 4.40. The first kappa shape index (κ1) is 14.2. The van der Waals surface area contributed by atoms with E-state index in [-0.39, 0.29) is 24.9 Å². The lowest BCUT2D eigenvalue weighted by Gasteiger charge is -2.33. The molecule has 1 aromatic carbocycles. The van der Waals surface area contributed by atoms with E-state index in [0.717, 1.165) is 18.2 Å². The lowest BCUT2D eigenvalue weighted by Crippen LogP contribution is -2.50. The molecular weight excluding hydrogens is 272 g/mol. The summed E-state index contributed by atoms with van der Waals surface area (Å²) in [5.74, 6) is 0. The minimum Gasteiger partial charge on any atom is -0.300 e. The van der Waals surface area contributed by atoms with Crippen LogP contribution in [0.4, 0.5) is 26.3 Å². The molecule has 0 radical (unpaired) electrons. The van der Waals surface area contributed by atoms with Crippen molar-refractivity contribution in [1.82, 2.24) is 5.32 Å². The van der Waals surface area contributed by atoms with Crippen LogP contribution in [-0.4, -0.2) is 12.7 Å². The van der Waals surface area contributed by atoms with Crippen molar-refractivity contribution in [3.05, 3.63) is 35.4 Å². The molecule has 0 aliphatic carbocycles. The Hall–Kier alpha value is -1.24. The monoisotopic (exact) mass is 283 g/mol. The smallest absolute Gasteiger partial charge is 0.300 e. The number of nitrogens with one attached hydrogen (secondary N) is 1. The number of alkyl halides is 6. The highest BCUT2D eigenvalue weighted by molar-refractivity contribution is 5.33. The van der Waals surface area contributed by atoms with Gasteiger partial charge >= 0.3 is 12.4 Å². The Morgan fingerprint density at radius 3 is 2.21 bits per heavy atom. The number of halogens is 6. The standard InChI is InChI=1S/C12H11F6N/c13-11(14,15)9-4-1-3-8(7-9)10(12(16,17)18)5-2-6-19-10/h1,3-4,7,19H,2,5-6H2. The van der Waals surface area contributed by atoms with Crippen molar-refractivity contribution in [2.45, 2.75) is 30.7 Å². The molecule has 2 rings (SSSR count). The van der Waals surface area contributed by atoms with Gasteiger partial charge in [0.05, 0.1) is 5.56 Å². The SMILES string of the molecule is FC(F)(F)c1cccc(C2(C(F)(F)F)CCCN2)c1. The van der Waals surface area contributed by atoms with Crippen molar-refractivity contribution in [3.8, 4) is 0 Å². The second-order valence-corrected chi connectivity index (χ2v) is 4.51. The third-order valence-corrected chi connectivity index (χ3v) is 3.32. The van der Waals surface area contributed by atoms with Gasteiger partial charge in [-0.3, -0.25) is 5.32 Å². The Morgan fingerprint density at radius 1 is 1.05 bits per heavy atom. The summed E-state index contributed by atoms with van der Waals surface area (Å²) in [6.45, 7) is 0.135. The van der Waals surface area contributed by atoms with E-state index in [1.165, 1.54) is 0 Å². The maximum absolute atomic E-state index is 13.2. The van der Waals surface area contributed by atoms with Crippen molar-refractivity contribution in [3.63, 3.8) is 0 Å². The first-order valence-electron chi connectivity index (χ1n) is 5.66. The van der Waals surface area contributed by atoms with Crippen molar-refractivity contribution in [2.24, 2.45) is 0 Å². The van der Waals surface area contributed by atoms with Gasteiger partial charge in [0.25, 0.3) is 0 Å². The summed E-state index contributed by atoms with van der Waals surface area (Å²) in [5.41, 5.74) is -3.82. The van der Waals surface area contributed by atoms with Crippen LogP contribution in [-0.2, 0) is 11.7 Å². The van der Waals surface area contributed by atoms with Crippen molar-refractivity contribution < 1.29 is 26.3 Å². The van der Waals surface area contributed by atoms with Crippen LogP contribution in [0, 0.1) is 0 Å². The van der Waals surface area contributed by atoms with E-state index >= 15 is 0 Å². The third kappa shape index (κ3) is 2.43. The Morgan fingerprint density at radius 2 is 1.74 bits per heavy atom. The summed E-state index contributed by atoms with van der Waals surface area (Å²) in [6, 6.07) is 3.43. The van der Waals surface area contributed by atoms with E-state index in [1.807, 2.05) is 0 Å². The topological polar surface area (TPSA) is 12.0 Å². The molecule has 1 unspecified atom stereocenters. The number of rotatable bonds is 1. The van der Waals surface area contributed by atoms with Gasteiger partial charge in [0.15, 0.2) is 0 Å². The Balaban J connectivity index is 2.50. The predicted molar refractivity (Wildman–Crippen MR) is 56.4 cm³/mol. The molecule has 1 nitrogen and oxygen atoms in total. The summed E-state index contributed by atoms with van der Waals surface area (Å²) in [5, 5.41) is 2.31. The zero-order chi connectivity index (χ0) is 14.3. The van der Waals surface area contributed by atoms with E-state index < -0.39 is 23.5 Å². The zero-order valence-electron chi connectivity index (χ0n) is 9.70. The fourth-order valence-electron chi connectivity index (χ4n) is 2.36. The van der Waals surface area contributed by atoms with Crippen LogP contribution in [0.2, 0.25) is 0 Å². The predicted octanol–water partition coefficient (Wildman–Crippen LogP) is 3.85. The van der Waals surface area contributed by atoms with Gasteiger partial charge < -0.3 is 0 Å². The summed E-state index contributed by atoms with van der Waals surface area (Å²) in [4.78, 5) is 0. The summed E-state index contributed by atoms with van der Waals surface area (Å²) in [6.07, 6.45) is -9.26. The van der Waals surface area contributed by atoms with Gasteiger partial charge in [0.2, 0.25) is 0 Å². The molecule has 7 heteroatoms. The van der Waals surface area contributed by atoms with E-state index in [4.69, 9.17) is 0 Å². The highest BCUT2D eigenvalue weighted by Crippen LogP contribution is 2.45. The highest BCUT2D eigenvalue weighted by Gasteiger charge is 2.57. The van der Waals surface area contributed by atoms with E-state index in [1.54, 1.807) is 0 Å². The second-order valence-electron chi connectivity index (χ2n) is 4.51. The summed E-state index contributed by atoms with van der Waals surface area (Å²) < 4.78 is 77.3. The average Bonchev–Trinajstić information content (AvgIpc) is 2.77. The van der Waals surface area contributed by atoms with Crippen LogP contribution >= 0.6 is 0 Å². The molecule has 19 heavy (non-hydrogen) atoms. The first-order valence-corrected chi connectivity index (χ1v) is 5.66. The van der Waals surface area contributed by atoms with Crippen LogP contribution in [0.1, 0.15) is 24.0 Å². The summed E-state index contributed by atoms with van der Waals surface area (Å²) >= 11 is 0. The van der Waals surface area contributed by atoms with Crippen LogP contribution < -0.4 is 5.32 Å². The van der Waals surface area contributed by atoms with E-state index in [0.29, 0.717) is 6.07 Å². The molecule has 0 aromatic heterocycles. The van der Waals surface area contributed by atoms with Gasteiger partial charge in [-0.2, -0.15) is 26.3 Å². The maximum atomic E-state index is 13.2. The molecule has 1 saturated heterocycles. The molecule has 106 valence electrons. The average molecular weight is 283 g/mol.